The number of rotatable bonds is 5. The molecule has 2 N–H and O–H groups in total. The van der Waals surface area contributed by atoms with Crippen molar-refractivity contribution < 1.29 is 32.3 Å². The molecule has 2 atom stereocenters. The first kappa shape index (κ1) is 24.8. The van der Waals surface area contributed by atoms with Crippen molar-refractivity contribution in [2.45, 2.75) is 82.3 Å². The van der Waals surface area contributed by atoms with Crippen molar-refractivity contribution in [2.24, 2.45) is 11.8 Å². The lowest BCUT2D eigenvalue weighted by molar-refractivity contribution is -0.182. The summed E-state index contributed by atoms with van der Waals surface area (Å²) in [6.45, 7) is -0.738. The topological polar surface area (TPSA) is 69.6 Å². The van der Waals surface area contributed by atoms with Gasteiger partial charge in [0.25, 0.3) is 5.91 Å². The zero-order valence-electron chi connectivity index (χ0n) is 19.9. The first-order valence-corrected chi connectivity index (χ1v) is 12.7. The molecule has 9 heteroatoms. The maximum absolute atomic E-state index is 14.1. The maximum Gasteiger partial charge on any atom is 0.391 e. The van der Waals surface area contributed by atoms with Gasteiger partial charge in [0.1, 0.15) is 6.67 Å². The molecule has 2 unspecified atom stereocenters. The lowest BCUT2D eigenvalue weighted by atomic mass is 9.85. The standard InChI is InChI=1S/C27H30F4N2O3/c28-14-23-22-9-1-16(25(34)33-20-7-8-21(33)13-17(12-20)26(35)36)11-15(22)2-10-24(23)32-19-5-3-18(4-6-19)27(29,30)31/h1-2,9-11,17-21,32H,3-8,12-14H2,(H,35,36). The number of carbonyl (C=O) groups excluding carboxylic acids is 1. The monoisotopic (exact) mass is 506 g/mol. The van der Waals surface area contributed by atoms with Crippen LogP contribution in [0.5, 0.6) is 0 Å². The van der Waals surface area contributed by atoms with Crippen molar-refractivity contribution in [3.8, 4) is 0 Å². The van der Waals surface area contributed by atoms with E-state index in [9.17, 15) is 32.3 Å². The third kappa shape index (κ3) is 4.64. The van der Waals surface area contributed by atoms with Crippen molar-refractivity contribution >= 4 is 28.3 Å². The third-order valence-corrected chi connectivity index (χ3v) is 8.38. The number of nitrogens with one attached hydrogen (secondary N) is 1. The van der Waals surface area contributed by atoms with E-state index < -0.39 is 30.7 Å². The normalized spacial score (nSPS) is 28.3. The first-order chi connectivity index (χ1) is 17.2. The van der Waals surface area contributed by atoms with Gasteiger partial charge in [0.05, 0.1) is 11.8 Å². The van der Waals surface area contributed by atoms with E-state index in [1.165, 1.54) is 0 Å². The number of nitrogens with zero attached hydrogens (tertiary/aromatic N) is 1. The molecule has 2 aromatic rings. The predicted octanol–water partition coefficient (Wildman–Crippen LogP) is 6.31. The van der Waals surface area contributed by atoms with Crippen LogP contribution < -0.4 is 5.32 Å². The molecule has 2 saturated heterocycles. The van der Waals surface area contributed by atoms with Crippen LogP contribution in [0.3, 0.4) is 0 Å². The summed E-state index contributed by atoms with van der Waals surface area (Å²) in [6, 6.07) is 8.42. The highest BCUT2D eigenvalue weighted by molar-refractivity contribution is 6.00. The van der Waals surface area contributed by atoms with Gasteiger partial charge in [0.15, 0.2) is 0 Å². The average Bonchev–Trinajstić information content (AvgIpc) is 3.11. The van der Waals surface area contributed by atoms with E-state index in [-0.39, 0.29) is 36.9 Å². The molecular weight excluding hydrogens is 476 g/mol. The molecule has 2 heterocycles. The second kappa shape index (κ2) is 9.56. The Bertz CT molecular complexity index is 1150. The number of amides is 1. The van der Waals surface area contributed by atoms with Gasteiger partial charge in [-0.15, -0.1) is 0 Å². The van der Waals surface area contributed by atoms with Gasteiger partial charge in [0, 0.05) is 34.9 Å². The van der Waals surface area contributed by atoms with Crippen LogP contribution in [0.25, 0.3) is 10.8 Å². The van der Waals surface area contributed by atoms with Crippen LogP contribution >= 0.6 is 0 Å². The number of benzene rings is 2. The lowest BCUT2D eigenvalue weighted by Gasteiger charge is -2.37. The van der Waals surface area contributed by atoms with Crippen LogP contribution in [-0.4, -0.2) is 46.2 Å². The molecule has 1 aliphatic carbocycles. The second-order valence-electron chi connectivity index (χ2n) is 10.5. The molecule has 36 heavy (non-hydrogen) atoms. The highest BCUT2D eigenvalue weighted by Gasteiger charge is 2.45. The highest BCUT2D eigenvalue weighted by Crippen LogP contribution is 2.41. The van der Waals surface area contributed by atoms with Crippen molar-refractivity contribution in [3.05, 3.63) is 41.5 Å². The number of piperidine rings is 1. The number of alkyl halides is 4. The Labute approximate surface area is 206 Å². The molecule has 0 spiro atoms. The number of carboxylic acid groups (broad SMARTS) is 1. The lowest BCUT2D eigenvalue weighted by Crippen LogP contribution is -2.47. The fourth-order valence-electron chi connectivity index (χ4n) is 6.45. The number of carbonyl (C=O) groups is 2. The Morgan fingerprint density at radius 1 is 0.972 bits per heavy atom. The zero-order chi connectivity index (χ0) is 25.6. The quantitative estimate of drug-likeness (QED) is 0.467. The summed E-state index contributed by atoms with van der Waals surface area (Å²) in [4.78, 5) is 26.7. The molecule has 194 valence electrons. The summed E-state index contributed by atoms with van der Waals surface area (Å²) in [5, 5.41) is 14.0. The van der Waals surface area contributed by atoms with Gasteiger partial charge in [0.2, 0.25) is 0 Å². The molecular formula is C27H30F4N2O3. The smallest absolute Gasteiger partial charge is 0.391 e. The molecule has 5 rings (SSSR count). The van der Waals surface area contributed by atoms with Crippen LogP contribution in [0.15, 0.2) is 30.3 Å². The van der Waals surface area contributed by atoms with Gasteiger partial charge in [-0.3, -0.25) is 9.59 Å². The SMILES string of the molecule is O=C(O)C1CC2CCC(C1)N2C(=O)c1ccc2c(CF)c(NC3CCC(C(F)(F)F)CC3)ccc2c1. The molecule has 2 bridgehead atoms. The van der Waals surface area contributed by atoms with Crippen LogP contribution in [0, 0.1) is 11.8 Å². The molecule has 2 aliphatic heterocycles. The fourth-order valence-corrected chi connectivity index (χ4v) is 6.45. The van der Waals surface area contributed by atoms with Crippen LogP contribution in [0.2, 0.25) is 0 Å². The van der Waals surface area contributed by atoms with Crippen molar-refractivity contribution in [3.63, 3.8) is 0 Å². The van der Waals surface area contributed by atoms with Gasteiger partial charge in [-0.2, -0.15) is 13.2 Å². The van der Waals surface area contributed by atoms with E-state index in [4.69, 9.17) is 0 Å². The summed E-state index contributed by atoms with van der Waals surface area (Å²) < 4.78 is 53.1. The largest absolute Gasteiger partial charge is 0.481 e. The molecule has 5 nitrogen and oxygen atoms in total. The summed E-state index contributed by atoms with van der Waals surface area (Å²) in [5.41, 5.74) is 1.50. The Morgan fingerprint density at radius 2 is 1.64 bits per heavy atom. The Balaban J connectivity index is 1.33. The summed E-state index contributed by atoms with van der Waals surface area (Å²) >= 11 is 0. The van der Waals surface area contributed by atoms with Crippen molar-refractivity contribution in [2.75, 3.05) is 5.32 Å². The van der Waals surface area contributed by atoms with Gasteiger partial charge in [-0.25, -0.2) is 4.39 Å². The number of carboxylic acids is 1. The summed E-state index contributed by atoms with van der Waals surface area (Å²) in [7, 11) is 0. The molecule has 2 aromatic carbocycles. The molecule has 3 fully saturated rings. The molecule has 0 radical (unpaired) electrons. The number of hydrogen-bond acceptors (Lipinski definition) is 3. The Morgan fingerprint density at radius 3 is 2.22 bits per heavy atom. The summed E-state index contributed by atoms with van der Waals surface area (Å²) in [6.07, 6.45) is -0.731. The number of hydrogen-bond donors (Lipinski definition) is 2. The van der Waals surface area contributed by atoms with E-state index in [1.807, 2.05) is 4.90 Å². The van der Waals surface area contributed by atoms with Crippen molar-refractivity contribution in [1.29, 1.82) is 0 Å². The van der Waals surface area contributed by atoms with Crippen LogP contribution in [0.4, 0.5) is 23.2 Å². The molecule has 1 amide bonds. The van der Waals surface area contributed by atoms with E-state index in [0.29, 0.717) is 53.3 Å². The van der Waals surface area contributed by atoms with E-state index in [1.54, 1.807) is 30.3 Å². The number of aliphatic carboxylic acids is 1. The minimum absolute atomic E-state index is 0.0663. The number of halogens is 4. The van der Waals surface area contributed by atoms with Crippen LogP contribution in [-0.2, 0) is 11.5 Å². The molecule has 0 aromatic heterocycles. The third-order valence-electron chi connectivity index (χ3n) is 8.38. The highest BCUT2D eigenvalue weighted by atomic mass is 19.4. The minimum atomic E-state index is -4.17. The van der Waals surface area contributed by atoms with Crippen LogP contribution in [0.1, 0.15) is 67.3 Å². The fraction of sp³-hybridized carbons (Fsp3) is 0.556. The molecule has 1 saturated carbocycles. The Hall–Kier alpha value is -2.84. The van der Waals surface area contributed by atoms with Gasteiger partial charge >= 0.3 is 12.1 Å². The summed E-state index contributed by atoms with van der Waals surface area (Å²) in [5.74, 6) is -2.61. The van der Waals surface area contributed by atoms with E-state index in [2.05, 4.69) is 5.32 Å². The molecule has 3 aliphatic rings. The minimum Gasteiger partial charge on any atom is -0.481 e. The van der Waals surface area contributed by atoms with E-state index >= 15 is 0 Å². The number of fused-ring (bicyclic) bond motifs is 3. The van der Waals surface area contributed by atoms with Gasteiger partial charge in [-0.1, -0.05) is 12.1 Å². The Kier molecular flexibility index (Phi) is 6.59. The maximum atomic E-state index is 14.1. The van der Waals surface area contributed by atoms with Crippen molar-refractivity contribution in [1.82, 2.24) is 4.90 Å². The van der Waals surface area contributed by atoms with Gasteiger partial charge in [-0.05, 0) is 80.3 Å². The number of anilines is 1. The average molecular weight is 507 g/mol. The van der Waals surface area contributed by atoms with E-state index in [0.717, 1.165) is 12.8 Å². The van der Waals surface area contributed by atoms with Gasteiger partial charge < -0.3 is 15.3 Å². The zero-order valence-corrected chi connectivity index (χ0v) is 19.9. The first-order valence-electron chi connectivity index (χ1n) is 12.7. The second-order valence-corrected chi connectivity index (χ2v) is 10.5. The predicted molar refractivity (Wildman–Crippen MR) is 128 cm³/mol.